The number of nitrogens with zero attached hydrogens (tertiary/aromatic N) is 1. The van der Waals surface area contributed by atoms with Crippen LogP contribution in [0.3, 0.4) is 0 Å². The van der Waals surface area contributed by atoms with E-state index in [1.807, 2.05) is 5.38 Å². The average Bonchev–Trinajstić information content (AvgIpc) is 2.85. The molecule has 24 heavy (non-hydrogen) atoms. The molecule has 5 rings (SSSR count). The molecule has 0 radical (unpaired) electrons. The van der Waals surface area contributed by atoms with Crippen LogP contribution in [0.4, 0.5) is 5.13 Å². The van der Waals surface area contributed by atoms with E-state index in [1.54, 1.807) is 0 Å². The van der Waals surface area contributed by atoms with E-state index in [0.717, 1.165) is 50.3 Å². The number of thiazole rings is 1. The van der Waals surface area contributed by atoms with Crippen molar-refractivity contribution in [2.75, 3.05) is 12.3 Å². The number of aromatic nitrogens is 1. The Morgan fingerprint density at radius 2 is 2.00 bits per heavy atom. The van der Waals surface area contributed by atoms with E-state index in [9.17, 15) is 4.79 Å². The van der Waals surface area contributed by atoms with Crippen molar-refractivity contribution in [1.82, 2.24) is 10.3 Å². The van der Waals surface area contributed by atoms with Gasteiger partial charge in [-0.25, -0.2) is 4.98 Å². The number of carbonyl (C=O) groups is 1. The minimum atomic E-state index is -0.0893. The third-order valence-electron chi connectivity index (χ3n) is 6.57. The SMILES string of the molecule is C[C@]12CC3CC(C(=O)NCCCc4csc(N)n4)(C1)C[C@@](C)(C3)C2. The van der Waals surface area contributed by atoms with Crippen molar-refractivity contribution in [2.45, 2.75) is 65.2 Å². The summed E-state index contributed by atoms with van der Waals surface area (Å²) >= 11 is 1.49. The highest BCUT2D eigenvalue weighted by Crippen LogP contribution is 2.69. The maximum absolute atomic E-state index is 13.1. The van der Waals surface area contributed by atoms with Crippen molar-refractivity contribution < 1.29 is 4.79 Å². The fourth-order valence-corrected chi connectivity index (χ4v) is 7.39. The number of carbonyl (C=O) groups excluding carboxylic acids is 1. The highest BCUT2D eigenvalue weighted by molar-refractivity contribution is 7.13. The van der Waals surface area contributed by atoms with Crippen molar-refractivity contribution in [3.05, 3.63) is 11.1 Å². The van der Waals surface area contributed by atoms with Crippen LogP contribution in [0.5, 0.6) is 0 Å². The Balaban J connectivity index is 1.36. The van der Waals surface area contributed by atoms with E-state index in [2.05, 4.69) is 24.1 Å². The highest BCUT2D eigenvalue weighted by atomic mass is 32.1. The minimum Gasteiger partial charge on any atom is -0.375 e. The second kappa shape index (κ2) is 5.45. The first-order valence-electron chi connectivity index (χ1n) is 9.28. The first-order chi connectivity index (χ1) is 11.3. The summed E-state index contributed by atoms with van der Waals surface area (Å²) in [4.78, 5) is 17.3. The third-order valence-corrected chi connectivity index (χ3v) is 7.30. The molecule has 4 bridgehead atoms. The zero-order valence-electron chi connectivity index (χ0n) is 14.9. The van der Waals surface area contributed by atoms with E-state index < -0.39 is 0 Å². The second-order valence-electron chi connectivity index (χ2n) is 9.45. The fraction of sp³-hybridized carbons (Fsp3) is 0.789. The van der Waals surface area contributed by atoms with Crippen molar-refractivity contribution in [3.8, 4) is 0 Å². The Morgan fingerprint density at radius 3 is 2.58 bits per heavy atom. The van der Waals surface area contributed by atoms with Crippen molar-refractivity contribution in [3.63, 3.8) is 0 Å². The molecule has 4 saturated carbocycles. The number of nitrogens with two attached hydrogens (primary N) is 1. The molecule has 132 valence electrons. The highest BCUT2D eigenvalue weighted by Gasteiger charge is 2.62. The van der Waals surface area contributed by atoms with Gasteiger partial charge in [0.15, 0.2) is 5.13 Å². The summed E-state index contributed by atoms with van der Waals surface area (Å²) in [6, 6.07) is 0. The number of nitrogen functional groups attached to an aromatic ring is 1. The zero-order chi connectivity index (χ0) is 17.0. The minimum absolute atomic E-state index is 0.0893. The van der Waals surface area contributed by atoms with Gasteiger partial charge in [0.2, 0.25) is 5.91 Å². The molecular weight excluding hydrogens is 318 g/mol. The monoisotopic (exact) mass is 347 g/mol. The Morgan fingerprint density at radius 1 is 1.29 bits per heavy atom. The number of nitrogens with one attached hydrogen (secondary N) is 1. The van der Waals surface area contributed by atoms with Gasteiger partial charge >= 0.3 is 0 Å². The van der Waals surface area contributed by atoms with Gasteiger partial charge < -0.3 is 11.1 Å². The summed E-state index contributed by atoms with van der Waals surface area (Å²) in [6.45, 7) is 5.59. The van der Waals surface area contributed by atoms with Crippen LogP contribution >= 0.6 is 11.3 Å². The molecule has 5 heteroatoms. The summed E-state index contributed by atoms with van der Waals surface area (Å²) in [5.74, 6) is 1.09. The van der Waals surface area contributed by atoms with Crippen LogP contribution in [0.15, 0.2) is 5.38 Å². The molecule has 2 unspecified atom stereocenters. The fourth-order valence-electron chi connectivity index (χ4n) is 6.80. The normalized spacial score (nSPS) is 40.0. The predicted octanol–water partition coefficient (Wildman–Crippen LogP) is 3.77. The lowest BCUT2D eigenvalue weighted by molar-refractivity contribution is -0.170. The lowest BCUT2D eigenvalue weighted by Crippen LogP contribution is -2.59. The molecule has 1 aromatic heterocycles. The molecule has 1 heterocycles. The summed E-state index contributed by atoms with van der Waals surface area (Å²) in [7, 11) is 0. The van der Waals surface area contributed by atoms with Gasteiger partial charge in [-0.2, -0.15) is 0 Å². The molecule has 4 aliphatic rings. The largest absolute Gasteiger partial charge is 0.375 e. The second-order valence-corrected chi connectivity index (χ2v) is 10.3. The van der Waals surface area contributed by atoms with Gasteiger partial charge in [0.05, 0.1) is 11.1 Å². The van der Waals surface area contributed by atoms with Gasteiger partial charge in [-0.1, -0.05) is 13.8 Å². The molecular formula is C19H29N3OS. The number of aryl methyl sites for hydroxylation is 1. The van der Waals surface area contributed by atoms with E-state index in [1.165, 1.54) is 30.6 Å². The molecule has 4 nitrogen and oxygen atoms in total. The summed E-state index contributed by atoms with van der Waals surface area (Å²) in [5, 5.41) is 5.90. The van der Waals surface area contributed by atoms with E-state index in [4.69, 9.17) is 5.73 Å². The maximum atomic E-state index is 13.1. The number of anilines is 1. The van der Waals surface area contributed by atoms with Gasteiger partial charge in [0, 0.05) is 11.9 Å². The Bertz CT molecular complexity index is 637. The first-order valence-corrected chi connectivity index (χ1v) is 10.2. The maximum Gasteiger partial charge on any atom is 0.226 e. The topological polar surface area (TPSA) is 68.0 Å². The van der Waals surface area contributed by atoms with Crippen molar-refractivity contribution in [2.24, 2.45) is 22.2 Å². The van der Waals surface area contributed by atoms with Crippen LogP contribution in [0.2, 0.25) is 0 Å². The Hall–Kier alpha value is -1.10. The third kappa shape index (κ3) is 2.85. The van der Waals surface area contributed by atoms with E-state index >= 15 is 0 Å². The first kappa shape index (κ1) is 16.4. The molecule has 1 aromatic rings. The van der Waals surface area contributed by atoms with E-state index in [-0.39, 0.29) is 5.41 Å². The van der Waals surface area contributed by atoms with Crippen molar-refractivity contribution in [1.29, 1.82) is 0 Å². The van der Waals surface area contributed by atoms with Crippen LogP contribution in [0.1, 0.15) is 64.5 Å². The molecule has 4 aliphatic carbocycles. The van der Waals surface area contributed by atoms with Gasteiger partial charge in [-0.3, -0.25) is 4.79 Å². The molecule has 4 fully saturated rings. The lowest BCUT2D eigenvalue weighted by atomic mass is 9.40. The van der Waals surface area contributed by atoms with Crippen LogP contribution in [-0.2, 0) is 11.2 Å². The van der Waals surface area contributed by atoms with Gasteiger partial charge in [-0.15, -0.1) is 11.3 Å². The molecule has 1 amide bonds. The average molecular weight is 348 g/mol. The summed E-state index contributed by atoms with van der Waals surface area (Å²) in [6.07, 6.45) is 9.12. The molecule has 4 atom stereocenters. The standard InChI is InChI=1S/C19H29N3OS/c1-17-6-13-7-18(2,10-17)12-19(8-13,11-17)15(23)21-5-3-4-14-9-24-16(20)22-14/h9,13H,3-8,10-12H2,1-2H3,(H2,20,22)(H,21,23)/t13?,17-,18+,19?. The molecule has 3 N–H and O–H groups in total. The van der Waals surface area contributed by atoms with E-state index in [0.29, 0.717) is 21.9 Å². The summed E-state index contributed by atoms with van der Waals surface area (Å²) < 4.78 is 0. The predicted molar refractivity (Wildman–Crippen MR) is 97.7 cm³/mol. The molecule has 0 spiro atoms. The molecule has 0 aromatic carbocycles. The van der Waals surface area contributed by atoms with Crippen LogP contribution in [-0.4, -0.2) is 17.4 Å². The van der Waals surface area contributed by atoms with Gasteiger partial charge in [-0.05, 0) is 68.1 Å². The van der Waals surface area contributed by atoms with Gasteiger partial charge in [0.25, 0.3) is 0 Å². The Labute approximate surface area is 148 Å². The Kier molecular flexibility index (Phi) is 3.72. The number of amides is 1. The smallest absolute Gasteiger partial charge is 0.226 e. The lowest BCUT2D eigenvalue weighted by Gasteiger charge is -2.64. The van der Waals surface area contributed by atoms with Crippen LogP contribution < -0.4 is 11.1 Å². The number of hydrogen-bond donors (Lipinski definition) is 2. The van der Waals surface area contributed by atoms with Crippen LogP contribution in [0, 0.1) is 22.2 Å². The molecule has 0 aliphatic heterocycles. The number of rotatable bonds is 5. The quantitative estimate of drug-likeness (QED) is 0.797. The van der Waals surface area contributed by atoms with Crippen molar-refractivity contribution >= 4 is 22.4 Å². The van der Waals surface area contributed by atoms with Crippen LogP contribution in [0.25, 0.3) is 0 Å². The van der Waals surface area contributed by atoms with Gasteiger partial charge in [0.1, 0.15) is 0 Å². The zero-order valence-corrected chi connectivity index (χ0v) is 15.7. The molecule has 0 saturated heterocycles. The summed E-state index contributed by atoms with van der Waals surface area (Å²) in [5.41, 5.74) is 7.40. The number of hydrogen-bond acceptors (Lipinski definition) is 4.